The van der Waals surface area contributed by atoms with Crippen LogP contribution in [0.15, 0.2) is 46.6 Å². The van der Waals surface area contributed by atoms with Crippen LogP contribution in [-0.2, 0) is 6.54 Å². The van der Waals surface area contributed by atoms with Gasteiger partial charge in [0.25, 0.3) is 0 Å². The molecule has 10 heteroatoms. The highest BCUT2D eigenvalue weighted by atomic mass is 35.5. The minimum Gasteiger partial charge on any atom is -0.465 e. The lowest BCUT2D eigenvalue weighted by Gasteiger charge is -2.21. The van der Waals surface area contributed by atoms with Crippen molar-refractivity contribution in [3.05, 3.63) is 42.0 Å². The maximum atomic E-state index is 11.5. The fourth-order valence-corrected chi connectivity index (χ4v) is 2.19. The summed E-state index contributed by atoms with van der Waals surface area (Å²) in [6.07, 6.45) is -0.981. The number of amides is 1. The molecule has 2 rings (SSSR count). The first-order chi connectivity index (χ1) is 12.4. The van der Waals surface area contributed by atoms with Gasteiger partial charge in [0.05, 0.1) is 12.2 Å². The highest BCUT2D eigenvalue weighted by Crippen LogP contribution is 2.26. The largest absolute Gasteiger partial charge is 0.465 e. The maximum absolute atomic E-state index is 11.5. The first-order valence-electron chi connectivity index (χ1n) is 8.01. The van der Waals surface area contributed by atoms with Crippen LogP contribution < -0.4 is 11.5 Å². The van der Waals surface area contributed by atoms with Crippen molar-refractivity contribution in [2.24, 2.45) is 10.2 Å². The molecule has 0 atom stereocenters. The molecule has 0 saturated heterocycles. The van der Waals surface area contributed by atoms with Gasteiger partial charge in [-0.15, -0.1) is 17.5 Å². The summed E-state index contributed by atoms with van der Waals surface area (Å²) in [7, 11) is 3.79. The minimum atomic E-state index is -0.981. The number of benzene rings is 1. The Hall–Kier alpha value is -2.91. The molecule has 0 bridgehead atoms. The van der Waals surface area contributed by atoms with Crippen LogP contribution >= 0.6 is 12.4 Å². The fourth-order valence-electron chi connectivity index (χ4n) is 2.19. The molecule has 2 aromatic rings. The molecule has 0 spiro atoms. The Morgan fingerprint density at radius 1 is 1.07 bits per heavy atom. The van der Waals surface area contributed by atoms with Crippen molar-refractivity contribution in [2.75, 3.05) is 38.7 Å². The van der Waals surface area contributed by atoms with E-state index in [0.717, 1.165) is 5.56 Å². The number of azo groups is 1. The van der Waals surface area contributed by atoms with Gasteiger partial charge in [-0.3, -0.25) is 0 Å². The molecule has 0 radical (unpaired) electrons. The Balaban J connectivity index is 0.00000364. The zero-order chi connectivity index (χ0) is 19.1. The molecule has 0 saturated carbocycles. The molecule has 0 fully saturated rings. The highest BCUT2D eigenvalue weighted by Gasteiger charge is 2.14. The van der Waals surface area contributed by atoms with Gasteiger partial charge >= 0.3 is 6.09 Å². The summed E-state index contributed by atoms with van der Waals surface area (Å²) < 4.78 is 0. The van der Waals surface area contributed by atoms with Gasteiger partial charge in [-0.25, -0.2) is 9.78 Å². The number of nitrogens with two attached hydrogens (primary N) is 2. The lowest BCUT2D eigenvalue weighted by molar-refractivity contribution is 0.138. The Labute approximate surface area is 164 Å². The van der Waals surface area contributed by atoms with Gasteiger partial charge in [0.1, 0.15) is 11.5 Å². The number of nitrogen functional groups attached to an aromatic ring is 2. The van der Waals surface area contributed by atoms with Gasteiger partial charge in [-0.05, 0) is 37.9 Å². The monoisotopic (exact) mass is 393 g/mol. The lowest BCUT2D eigenvalue weighted by Crippen LogP contribution is -2.35. The zero-order valence-corrected chi connectivity index (χ0v) is 16.1. The second-order valence-corrected chi connectivity index (χ2v) is 5.98. The number of nitrogens with zero attached hydrogens (tertiary/aromatic N) is 5. The molecule has 0 unspecified atom stereocenters. The van der Waals surface area contributed by atoms with Crippen molar-refractivity contribution < 1.29 is 9.90 Å². The van der Waals surface area contributed by atoms with E-state index in [0.29, 0.717) is 30.3 Å². The minimum absolute atomic E-state index is 0. The van der Waals surface area contributed by atoms with E-state index in [1.807, 2.05) is 37.2 Å². The molecule has 9 nitrogen and oxygen atoms in total. The molecular formula is C17H24ClN7O2. The van der Waals surface area contributed by atoms with E-state index in [9.17, 15) is 9.90 Å². The summed E-state index contributed by atoms with van der Waals surface area (Å²) in [5.74, 6) is 0.490. The normalized spacial score (nSPS) is 10.8. The number of hydrogen-bond acceptors (Lipinski definition) is 7. The summed E-state index contributed by atoms with van der Waals surface area (Å²) in [5, 5.41) is 17.7. The van der Waals surface area contributed by atoms with Gasteiger partial charge < -0.3 is 26.4 Å². The quantitative estimate of drug-likeness (QED) is 0.618. The Morgan fingerprint density at radius 3 is 2.37 bits per heavy atom. The van der Waals surface area contributed by atoms with Crippen molar-refractivity contribution in [2.45, 2.75) is 6.54 Å². The number of aromatic nitrogens is 1. The number of halogens is 1. The van der Waals surface area contributed by atoms with Crippen molar-refractivity contribution in [1.29, 1.82) is 0 Å². The van der Waals surface area contributed by atoms with Crippen LogP contribution in [0.3, 0.4) is 0 Å². The summed E-state index contributed by atoms with van der Waals surface area (Å²) in [5.41, 5.74) is 13.1. The topological polar surface area (TPSA) is 133 Å². The van der Waals surface area contributed by atoms with Crippen molar-refractivity contribution in [3.8, 4) is 0 Å². The fraction of sp³-hybridized carbons (Fsp3) is 0.294. The van der Waals surface area contributed by atoms with E-state index in [-0.39, 0.29) is 24.8 Å². The van der Waals surface area contributed by atoms with Crippen molar-refractivity contribution >= 4 is 41.5 Å². The second kappa shape index (κ2) is 10.3. The predicted octanol–water partition coefficient (Wildman–Crippen LogP) is 3.12. The van der Waals surface area contributed by atoms with Crippen molar-refractivity contribution in [1.82, 2.24) is 14.8 Å². The first kappa shape index (κ1) is 22.1. The van der Waals surface area contributed by atoms with Crippen LogP contribution in [0.5, 0.6) is 0 Å². The third-order valence-electron chi connectivity index (χ3n) is 3.63. The summed E-state index contributed by atoms with van der Waals surface area (Å²) >= 11 is 0. The molecule has 1 aromatic heterocycles. The van der Waals surface area contributed by atoms with Crippen LogP contribution in [0.1, 0.15) is 5.56 Å². The standard InChI is InChI=1S/C17H23N7O2.ClH/c1-23(2)9-10-24(17(25)26)11-12-5-3-4-6-13(12)21-22-14-7-8-15(18)20-16(14)19;/h3-8H,9-11H2,1-2H3,(H,25,26)(H4,18,19,20);1H/b22-21+;. The lowest BCUT2D eigenvalue weighted by atomic mass is 10.1. The number of likely N-dealkylation sites (N-methyl/N-ethyl adjacent to an activating group) is 1. The van der Waals surface area contributed by atoms with Gasteiger partial charge in [0, 0.05) is 13.1 Å². The first-order valence-corrected chi connectivity index (χ1v) is 8.01. The molecular weight excluding hydrogens is 370 g/mol. The van der Waals surface area contributed by atoms with E-state index in [1.165, 1.54) is 4.90 Å². The van der Waals surface area contributed by atoms with Gasteiger partial charge in [0.2, 0.25) is 0 Å². The molecule has 0 aliphatic rings. The highest BCUT2D eigenvalue weighted by molar-refractivity contribution is 5.85. The molecule has 27 heavy (non-hydrogen) atoms. The molecule has 5 N–H and O–H groups in total. The molecule has 146 valence electrons. The summed E-state index contributed by atoms with van der Waals surface area (Å²) in [6.45, 7) is 1.24. The number of anilines is 2. The van der Waals surface area contributed by atoms with E-state index in [1.54, 1.807) is 18.2 Å². The van der Waals surface area contributed by atoms with E-state index in [2.05, 4.69) is 15.2 Å². The van der Waals surface area contributed by atoms with Crippen LogP contribution in [0.4, 0.5) is 27.8 Å². The van der Waals surface area contributed by atoms with E-state index in [4.69, 9.17) is 11.5 Å². The maximum Gasteiger partial charge on any atom is 0.407 e. The Morgan fingerprint density at radius 2 is 1.74 bits per heavy atom. The van der Waals surface area contributed by atoms with Crippen LogP contribution in [-0.4, -0.2) is 53.2 Å². The average molecular weight is 394 g/mol. The average Bonchev–Trinajstić information content (AvgIpc) is 2.58. The predicted molar refractivity (Wildman–Crippen MR) is 108 cm³/mol. The zero-order valence-electron chi connectivity index (χ0n) is 15.2. The molecule has 0 aliphatic heterocycles. The Kier molecular flexibility index (Phi) is 8.43. The van der Waals surface area contributed by atoms with Gasteiger partial charge in [-0.1, -0.05) is 18.2 Å². The number of rotatable bonds is 7. The number of carboxylic acid groups (broad SMARTS) is 1. The second-order valence-electron chi connectivity index (χ2n) is 5.98. The summed E-state index contributed by atoms with van der Waals surface area (Å²) in [6, 6.07) is 10.5. The number of pyridine rings is 1. The van der Waals surface area contributed by atoms with E-state index < -0.39 is 6.09 Å². The van der Waals surface area contributed by atoms with Crippen LogP contribution in [0.25, 0.3) is 0 Å². The number of carbonyl (C=O) groups is 1. The smallest absolute Gasteiger partial charge is 0.407 e. The Bertz CT molecular complexity index is 799. The molecule has 1 amide bonds. The van der Waals surface area contributed by atoms with Gasteiger partial charge in [-0.2, -0.15) is 5.11 Å². The number of hydrogen-bond donors (Lipinski definition) is 3. The van der Waals surface area contributed by atoms with Crippen molar-refractivity contribution in [3.63, 3.8) is 0 Å². The summed E-state index contributed by atoms with van der Waals surface area (Å²) in [4.78, 5) is 18.7. The molecule has 0 aliphatic carbocycles. The van der Waals surface area contributed by atoms with Gasteiger partial charge in [0.15, 0.2) is 5.82 Å². The third-order valence-corrected chi connectivity index (χ3v) is 3.63. The van der Waals surface area contributed by atoms with Crippen LogP contribution in [0, 0.1) is 0 Å². The third kappa shape index (κ3) is 6.72. The van der Waals surface area contributed by atoms with Crippen LogP contribution in [0.2, 0.25) is 0 Å². The SMILES string of the molecule is CN(C)CCN(Cc1ccccc1/N=N/c1ccc(N)nc1N)C(=O)O.Cl. The van der Waals surface area contributed by atoms with E-state index >= 15 is 0 Å². The molecule has 1 heterocycles. The molecule has 1 aromatic carbocycles.